The molecule has 1 rings (SSSR count). The summed E-state index contributed by atoms with van der Waals surface area (Å²) in [5, 5.41) is 8.73. The summed E-state index contributed by atoms with van der Waals surface area (Å²) in [6, 6.07) is 5.00. The topological polar surface area (TPSA) is 75.3 Å². The largest absolute Gasteiger partial charge is 0.478 e. The average Bonchev–Trinajstić information content (AvgIpc) is 2.20. The molecule has 0 aliphatic carbocycles. The van der Waals surface area contributed by atoms with Gasteiger partial charge in [-0.2, -0.15) is 0 Å². The molecule has 0 spiro atoms. The Morgan fingerprint density at radius 1 is 1.43 bits per heavy atom. The van der Waals surface area contributed by atoms with E-state index in [2.05, 4.69) is 5.43 Å². The molecule has 0 bridgehead atoms. The van der Waals surface area contributed by atoms with E-state index in [-0.39, 0.29) is 5.56 Å². The second kappa shape index (κ2) is 5.99. The predicted octanol–water partition coefficient (Wildman–Crippen LogP) is 2.01. The van der Waals surface area contributed by atoms with Crippen molar-refractivity contribution < 1.29 is 9.90 Å². The molecule has 78 valence electrons. The molecule has 0 unspecified atom stereocenters. The molecule has 0 atom stereocenters. The van der Waals surface area contributed by atoms with Gasteiger partial charge in [0.05, 0.1) is 11.3 Å². The Hall–Kier alpha value is -1.55. The van der Waals surface area contributed by atoms with Crippen molar-refractivity contribution >= 4 is 11.7 Å². The van der Waals surface area contributed by atoms with E-state index in [1.807, 2.05) is 20.8 Å². The Kier molecular flexibility index (Phi) is 5.33. The first-order valence-corrected chi connectivity index (χ1v) is 4.45. The van der Waals surface area contributed by atoms with Crippen molar-refractivity contribution in [3.63, 3.8) is 0 Å². The van der Waals surface area contributed by atoms with Crippen molar-refractivity contribution in [3.05, 3.63) is 29.3 Å². The summed E-state index contributed by atoms with van der Waals surface area (Å²) in [4.78, 5) is 10.6. The number of hydrogen-bond donors (Lipinski definition) is 3. The predicted molar refractivity (Wildman–Crippen MR) is 57.3 cm³/mol. The van der Waals surface area contributed by atoms with Crippen molar-refractivity contribution in [2.75, 3.05) is 5.43 Å². The zero-order valence-corrected chi connectivity index (χ0v) is 8.66. The standard InChI is InChI=1S/C8H10N2O2.C2H6/c1-5-2-3-7(10-9)6(4-5)8(11)12;1-2/h2-4,10H,9H2,1H3,(H,11,12);1-2H3. The van der Waals surface area contributed by atoms with Gasteiger partial charge in [-0.1, -0.05) is 25.5 Å². The summed E-state index contributed by atoms with van der Waals surface area (Å²) >= 11 is 0. The number of nitrogens with one attached hydrogen (secondary N) is 1. The lowest BCUT2D eigenvalue weighted by Gasteiger charge is -2.04. The smallest absolute Gasteiger partial charge is 0.337 e. The highest BCUT2D eigenvalue weighted by Crippen LogP contribution is 2.15. The summed E-state index contributed by atoms with van der Waals surface area (Å²) in [7, 11) is 0. The van der Waals surface area contributed by atoms with Gasteiger partial charge in [0.15, 0.2) is 0 Å². The Morgan fingerprint density at radius 3 is 2.43 bits per heavy atom. The molecule has 14 heavy (non-hydrogen) atoms. The van der Waals surface area contributed by atoms with Gasteiger partial charge in [-0.25, -0.2) is 4.79 Å². The third kappa shape index (κ3) is 3.06. The van der Waals surface area contributed by atoms with E-state index in [1.54, 1.807) is 18.2 Å². The fourth-order valence-corrected chi connectivity index (χ4v) is 0.961. The minimum absolute atomic E-state index is 0.192. The van der Waals surface area contributed by atoms with Crippen molar-refractivity contribution in [2.45, 2.75) is 20.8 Å². The maximum atomic E-state index is 10.6. The summed E-state index contributed by atoms with van der Waals surface area (Å²) in [6.45, 7) is 5.83. The maximum absolute atomic E-state index is 10.6. The monoisotopic (exact) mass is 196 g/mol. The Morgan fingerprint density at radius 2 is 2.00 bits per heavy atom. The third-order valence-electron chi connectivity index (χ3n) is 1.56. The number of carboxylic acids is 1. The number of aromatic carboxylic acids is 1. The molecular formula is C10H16N2O2. The molecule has 0 aromatic heterocycles. The second-order valence-electron chi connectivity index (χ2n) is 2.50. The van der Waals surface area contributed by atoms with Gasteiger partial charge < -0.3 is 10.5 Å². The minimum Gasteiger partial charge on any atom is -0.478 e. The van der Waals surface area contributed by atoms with Crippen LogP contribution in [0.3, 0.4) is 0 Å². The molecule has 4 nitrogen and oxygen atoms in total. The molecule has 0 fully saturated rings. The van der Waals surface area contributed by atoms with Gasteiger partial charge in [-0.05, 0) is 19.1 Å². The van der Waals surface area contributed by atoms with E-state index >= 15 is 0 Å². The van der Waals surface area contributed by atoms with E-state index < -0.39 is 5.97 Å². The quantitative estimate of drug-likeness (QED) is 0.499. The van der Waals surface area contributed by atoms with Crippen LogP contribution in [0.1, 0.15) is 29.8 Å². The van der Waals surface area contributed by atoms with Crippen LogP contribution in [0.25, 0.3) is 0 Å². The van der Waals surface area contributed by atoms with Crippen molar-refractivity contribution in [1.82, 2.24) is 0 Å². The van der Waals surface area contributed by atoms with Gasteiger partial charge in [0, 0.05) is 0 Å². The second-order valence-corrected chi connectivity index (χ2v) is 2.50. The maximum Gasteiger partial charge on any atom is 0.337 e. The van der Waals surface area contributed by atoms with E-state index in [1.165, 1.54) is 0 Å². The molecule has 4 N–H and O–H groups in total. The Labute approximate surface area is 83.7 Å². The number of benzene rings is 1. The first kappa shape index (κ1) is 12.4. The zero-order valence-electron chi connectivity index (χ0n) is 8.66. The number of hydrazine groups is 1. The van der Waals surface area contributed by atoms with Crippen LogP contribution in [0, 0.1) is 6.92 Å². The average molecular weight is 196 g/mol. The lowest BCUT2D eigenvalue weighted by molar-refractivity contribution is 0.0698. The molecule has 0 heterocycles. The lowest BCUT2D eigenvalue weighted by atomic mass is 10.1. The molecule has 1 aromatic carbocycles. The summed E-state index contributed by atoms with van der Waals surface area (Å²) in [6.07, 6.45) is 0. The minimum atomic E-state index is -0.980. The molecule has 4 heteroatoms. The number of nitrogens with two attached hydrogens (primary N) is 1. The van der Waals surface area contributed by atoms with Crippen LogP contribution >= 0.6 is 0 Å². The van der Waals surface area contributed by atoms with Gasteiger partial charge in [-0.3, -0.25) is 5.84 Å². The Bertz CT molecular complexity index is 311. The van der Waals surface area contributed by atoms with Crippen LogP contribution in [-0.4, -0.2) is 11.1 Å². The molecule has 0 saturated heterocycles. The van der Waals surface area contributed by atoms with Crippen LogP contribution in [0.15, 0.2) is 18.2 Å². The van der Waals surface area contributed by atoms with Crippen molar-refractivity contribution in [2.24, 2.45) is 5.84 Å². The van der Waals surface area contributed by atoms with Gasteiger partial charge in [0.1, 0.15) is 0 Å². The van der Waals surface area contributed by atoms with E-state index in [9.17, 15) is 4.79 Å². The number of nitrogen functional groups attached to an aromatic ring is 1. The van der Waals surface area contributed by atoms with Crippen LogP contribution in [-0.2, 0) is 0 Å². The van der Waals surface area contributed by atoms with Gasteiger partial charge >= 0.3 is 5.97 Å². The van der Waals surface area contributed by atoms with Gasteiger partial charge in [-0.15, -0.1) is 0 Å². The molecular weight excluding hydrogens is 180 g/mol. The molecule has 0 saturated carbocycles. The number of carboxylic acid groups (broad SMARTS) is 1. The van der Waals surface area contributed by atoms with E-state index in [4.69, 9.17) is 10.9 Å². The Balaban J connectivity index is 0.000000791. The van der Waals surface area contributed by atoms with Crippen molar-refractivity contribution in [3.8, 4) is 0 Å². The molecule has 0 radical (unpaired) electrons. The van der Waals surface area contributed by atoms with Crippen molar-refractivity contribution in [1.29, 1.82) is 0 Å². The number of anilines is 1. The fourth-order valence-electron chi connectivity index (χ4n) is 0.961. The highest BCUT2D eigenvalue weighted by Gasteiger charge is 2.08. The normalized spacial score (nSPS) is 8.57. The molecule has 1 aromatic rings. The first-order chi connectivity index (χ1) is 6.65. The zero-order chi connectivity index (χ0) is 11.1. The third-order valence-corrected chi connectivity index (χ3v) is 1.56. The SMILES string of the molecule is CC.Cc1ccc(NN)c(C(=O)O)c1. The highest BCUT2D eigenvalue weighted by molar-refractivity contribution is 5.94. The molecule has 0 amide bonds. The van der Waals surface area contributed by atoms with Crippen LogP contribution < -0.4 is 11.3 Å². The molecule has 0 aliphatic rings. The molecule has 0 aliphatic heterocycles. The lowest BCUT2D eigenvalue weighted by Crippen LogP contribution is -2.11. The number of carbonyl (C=O) groups is 1. The summed E-state index contributed by atoms with van der Waals surface area (Å²) < 4.78 is 0. The van der Waals surface area contributed by atoms with E-state index in [0.717, 1.165) is 5.56 Å². The number of rotatable bonds is 2. The summed E-state index contributed by atoms with van der Waals surface area (Å²) in [5.41, 5.74) is 3.83. The highest BCUT2D eigenvalue weighted by atomic mass is 16.4. The first-order valence-electron chi connectivity index (χ1n) is 4.45. The van der Waals surface area contributed by atoms with Crippen LogP contribution in [0.4, 0.5) is 5.69 Å². The van der Waals surface area contributed by atoms with Crippen LogP contribution in [0.2, 0.25) is 0 Å². The summed E-state index contributed by atoms with van der Waals surface area (Å²) in [5.74, 6) is 4.15. The van der Waals surface area contributed by atoms with Gasteiger partial charge in [0.25, 0.3) is 0 Å². The van der Waals surface area contributed by atoms with Crippen LogP contribution in [0.5, 0.6) is 0 Å². The fraction of sp³-hybridized carbons (Fsp3) is 0.300. The number of hydrogen-bond acceptors (Lipinski definition) is 3. The number of aryl methyl sites for hydroxylation is 1. The van der Waals surface area contributed by atoms with Gasteiger partial charge in [0.2, 0.25) is 0 Å². The van der Waals surface area contributed by atoms with E-state index in [0.29, 0.717) is 5.69 Å².